The summed E-state index contributed by atoms with van der Waals surface area (Å²) < 4.78 is 1.58. The second-order valence-electron chi connectivity index (χ2n) is 7.80. The van der Waals surface area contributed by atoms with Crippen LogP contribution in [0.15, 0.2) is 30.9 Å². The highest BCUT2D eigenvalue weighted by molar-refractivity contribution is 7.18. The molecule has 0 bridgehead atoms. The molecule has 10 nitrogen and oxygen atoms in total. The van der Waals surface area contributed by atoms with Gasteiger partial charge in [-0.25, -0.2) is 0 Å². The van der Waals surface area contributed by atoms with Gasteiger partial charge in [-0.2, -0.15) is 5.10 Å². The third kappa shape index (κ3) is 4.26. The van der Waals surface area contributed by atoms with Crippen LogP contribution in [0, 0.1) is 5.92 Å². The van der Waals surface area contributed by atoms with E-state index in [9.17, 15) is 4.79 Å². The lowest BCUT2D eigenvalue weighted by molar-refractivity contribution is 0.102. The standard InChI is InChI=1S/C19H22ClN9OS/c1-29-9-11(6-23-29)17(30)24-12-4-10(5-21-7-12)18-27-28-19(31-18)25-15-3-2-14-13(16(15)20)8-22-26-14/h4-7,9,13-16,22,26H,2-3,8H2,1H3,(H,24,30)(H,25,28). The average Bonchev–Trinajstić information content (AvgIpc) is 3.51. The van der Waals surface area contributed by atoms with Gasteiger partial charge in [-0.05, 0) is 18.9 Å². The second kappa shape index (κ2) is 8.50. The number of pyridine rings is 1. The minimum absolute atomic E-state index is 0.0151. The van der Waals surface area contributed by atoms with Gasteiger partial charge in [0.05, 0.1) is 29.0 Å². The molecule has 0 radical (unpaired) electrons. The molecule has 4 atom stereocenters. The van der Waals surface area contributed by atoms with Gasteiger partial charge >= 0.3 is 0 Å². The van der Waals surface area contributed by atoms with Crippen molar-refractivity contribution in [2.24, 2.45) is 13.0 Å². The summed E-state index contributed by atoms with van der Waals surface area (Å²) in [5.41, 5.74) is 8.35. The first kappa shape index (κ1) is 20.3. The monoisotopic (exact) mass is 459 g/mol. The van der Waals surface area contributed by atoms with Crippen LogP contribution in [0.3, 0.4) is 0 Å². The average molecular weight is 460 g/mol. The van der Waals surface area contributed by atoms with Crippen LogP contribution in [0.5, 0.6) is 0 Å². The number of hydrogen-bond acceptors (Lipinski definition) is 9. The van der Waals surface area contributed by atoms with E-state index in [4.69, 9.17) is 11.6 Å². The Hall–Kier alpha value is -2.60. The highest BCUT2D eigenvalue weighted by atomic mass is 35.5. The maximum absolute atomic E-state index is 12.4. The topological polar surface area (TPSA) is 122 Å². The predicted molar refractivity (Wildman–Crippen MR) is 119 cm³/mol. The number of rotatable bonds is 5. The summed E-state index contributed by atoms with van der Waals surface area (Å²) in [6.45, 7) is 0.877. The minimum atomic E-state index is -0.244. The van der Waals surface area contributed by atoms with Crippen molar-refractivity contribution in [2.75, 3.05) is 17.2 Å². The molecular formula is C19H22ClN9OS. The normalized spacial score (nSPS) is 25.2. The quantitative estimate of drug-likeness (QED) is 0.426. The van der Waals surface area contributed by atoms with Crippen LogP contribution in [0.1, 0.15) is 23.2 Å². The van der Waals surface area contributed by atoms with Gasteiger partial charge in [0.15, 0.2) is 5.01 Å². The van der Waals surface area contributed by atoms with E-state index in [0.29, 0.717) is 23.2 Å². The Morgan fingerprint density at radius 1 is 1.29 bits per heavy atom. The number of carbonyl (C=O) groups is 1. The van der Waals surface area contributed by atoms with Crippen LogP contribution in [0.2, 0.25) is 0 Å². The van der Waals surface area contributed by atoms with E-state index in [1.807, 2.05) is 6.07 Å². The zero-order valence-electron chi connectivity index (χ0n) is 16.7. The van der Waals surface area contributed by atoms with Gasteiger partial charge in [0.1, 0.15) is 0 Å². The summed E-state index contributed by atoms with van der Waals surface area (Å²) in [6, 6.07) is 2.41. The van der Waals surface area contributed by atoms with Crippen LogP contribution in [0.25, 0.3) is 10.6 Å². The number of fused-ring (bicyclic) bond motifs is 1. The lowest BCUT2D eigenvalue weighted by Crippen LogP contribution is -2.47. The highest BCUT2D eigenvalue weighted by Crippen LogP contribution is 2.34. The number of hydrazine groups is 1. The number of anilines is 2. The van der Waals surface area contributed by atoms with Crippen molar-refractivity contribution in [2.45, 2.75) is 30.3 Å². The maximum Gasteiger partial charge on any atom is 0.258 e. The van der Waals surface area contributed by atoms with Crippen molar-refractivity contribution in [3.8, 4) is 10.6 Å². The Bertz CT molecular complexity index is 1090. The molecule has 1 saturated carbocycles. The zero-order valence-corrected chi connectivity index (χ0v) is 18.3. The van der Waals surface area contributed by atoms with E-state index in [2.05, 4.69) is 41.8 Å². The number of nitrogens with one attached hydrogen (secondary N) is 4. The number of nitrogens with zero attached hydrogens (tertiary/aromatic N) is 5. The fourth-order valence-electron chi connectivity index (χ4n) is 4.07. The van der Waals surface area contributed by atoms with Gasteiger partial charge < -0.3 is 10.6 Å². The van der Waals surface area contributed by atoms with Crippen LogP contribution >= 0.6 is 22.9 Å². The van der Waals surface area contributed by atoms with Crippen LogP contribution < -0.4 is 21.5 Å². The molecule has 2 aliphatic rings. The van der Waals surface area contributed by atoms with Gasteiger partial charge in [-0.3, -0.25) is 25.3 Å². The summed E-state index contributed by atoms with van der Waals surface area (Å²) in [6.07, 6.45) is 8.51. The molecule has 1 aliphatic heterocycles. The number of aromatic nitrogens is 5. The van der Waals surface area contributed by atoms with E-state index in [0.717, 1.165) is 35.1 Å². The molecule has 12 heteroatoms. The van der Waals surface area contributed by atoms with Gasteiger partial charge in [0, 0.05) is 49.6 Å². The summed E-state index contributed by atoms with van der Waals surface area (Å²) in [5.74, 6) is 0.149. The van der Waals surface area contributed by atoms with Gasteiger partial charge in [0.2, 0.25) is 5.13 Å². The largest absolute Gasteiger partial charge is 0.356 e. The van der Waals surface area contributed by atoms with Crippen molar-refractivity contribution >= 4 is 39.7 Å². The Morgan fingerprint density at radius 2 is 2.19 bits per heavy atom. The summed E-state index contributed by atoms with van der Waals surface area (Å²) in [5, 5.41) is 20.4. The zero-order chi connectivity index (χ0) is 21.4. The van der Waals surface area contributed by atoms with E-state index < -0.39 is 0 Å². The lowest BCUT2D eigenvalue weighted by atomic mass is 9.82. The Labute approximate surface area is 187 Å². The van der Waals surface area contributed by atoms with E-state index >= 15 is 0 Å². The highest BCUT2D eigenvalue weighted by Gasteiger charge is 2.41. The molecule has 1 saturated heterocycles. The Balaban J connectivity index is 1.26. The number of hydrogen-bond donors (Lipinski definition) is 4. The first-order valence-corrected chi connectivity index (χ1v) is 11.3. The van der Waals surface area contributed by atoms with Gasteiger partial charge in [-0.1, -0.05) is 11.3 Å². The minimum Gasteiger partial charge on any atom is -0.356 e. The van der Waals surface area contributed by atoms with Gasteiger partial charge in [0.25, 0.3) is 5.91 Å². The fraction of sp³-hybridized carbons (Fsp3) is 0.421. The second-order valence-corrected chi connectivity index (χ2v) is 9.28. The SMILES string of the molecule is Cn1cc(C(=O)Nc2cncc(-c3nnc(NC4CCC5NNCC5C4Cl)s3)c2)cn1. The van der Waals surface area contributed by atoms with E-state index in [1.165, 1.54) is 17.5 Å². The summed E-state index contributed by atoms with van der Waals surface area (Å²) >= 11 is 8.18. The molecule has 162 valence electrons. The maximum atomic E-state index is 12.4. The van der Waals surface area contributed by atoms with Crippen molar-refractivity contribution in [1.82, 2.24) is 35.8 Å². The van der Waals surface area contributed by atoms with E-state index in [-0.39, 0.29) is 17.3 Å². The third-order valence-corrected chi connectivity index (χ3v) is 7.20. The summed E-state index contributed by atoms with van der Waals surface area (Å²) in [4.78, 5) is 16.6. The van der Waals surface area contributed by atoms with Crippen molar-refractivity contribution in [3.63, 3.8) is 0 Å². The molecule has 31 heavy (non-hydrogen) atoms. The number of aryl methyl sites for hydroxylation is 1. The smallest absolute Gasteiger partial charge is 0.258 e. The number of carbonyl (C=O) groups excluding carboxylic acids is 1. The molecule has 4 N–H and O–H groups in total. The molecule has 0 spiro atoms. The van der Waals surface area contributed by atoms with Crippen LogP contribution in [-0.2, 0) is 7.05 Å². The van der Waals surface area contributed by atoms with Crippen molar-refractivity contribution in [1.29, 1.82) is 0 Å². The Kier molecular flexibility index (Phi) is 5.57. The number of amides is 1. The lowest BCUT2D eigenvalue weighted by Gasteiger charge is -2.35. The van der Waals surface area contributed by atoms with E-state index in [1.54, 1.807) is 30.3 Å². The first-order valence-electron chi connectivity index (χ1n) is 10.0. The predicted octanol–water partition coefficient (Wildman–Crippen LogP) is 1.86. The first-order chi connectivity index (χ1) is 15.1. The Morgan fingerprint density at radius 3 is 3.03 bits per heavy atom. The third-order valence-electron chi connectivity index (χ3n) is 5.67. The number of halogens is 1. The molecule has 0 aromatic carbocycles. The van der Waals surface area contributed by atoms with Crippen LogP contribution in [-0.4, -0.2) is 54.9 Å². The molecule has 3 aromatic rings. The molecule has 1 amide bonds. The molecule has 4 heterocycles. The molecule has 4 unspecified atom stereocenters. The molecule has 1 aliphatic carbocycles. The molecule has 3 aromatic heterocycles. The van der Waals surface area contributed by atoms with Crippen LogP contribution in [0.4, 0.5) is 10.8 Å². The molecule has 2 fully saturated rings. The molecule has 5 rings (SSSR count). The molecular weight excluding hydrogens is 438 g/mol. The van der Waals surface area contributed by atoms with Crippen molar-refractivity contribution < 1.29 is 4.79 Å². The van der Waals surface area contributed by atoms with Crippen molar-refractivity contribution in [3.05, 3.63) is 36.4 Å². The van der Waals surface area contributed by atoms with Gasteiger partial charge in [-0.15, -0.1) is 21.8 Å². The number of alkyl halides is 1. The summed E-state index contributed by atoms with van der Waals surface area (Å²) in [7, 11) is 1.76. The fourth-order valence-corrected chi connectivity index (χ4v) is 5.31.